The van der Waals surface area contributed by atoms with Crippen molar-refractivity contribution in [2.24, 2.45) is 5.92 Å². The van der Waals surface area contributed by atoms with Crippen molar-refractivity contribution in [1.82, 2.24) is 9.80 Å². The molecule has 0 aromatic carbocycles. The quantitative estimate of drug-likeness (QED) is 0.526. The molecule has 6 heteroatoms. The maximum atomic E-state index is 13.0. The Hall–Kier alpha value is -1.66. The van der Waals surface area contributed by atoms with E-state index in [1.807, 2.05) is 36.3 Å². The van der Waals surface area contributed by atoms with Gasteiger partial charge in [0.25, 0.3) is 0 Å². The normalized spacial score (nSPS) is 19.2. The fourth-order valence-corrected chi connectivity index (χ4v) is 3.93. The van der Waals surface area contributed by atoms with Crippen LogP contribution < -0.4 is 0 Å². The van der Waals surface area contributed by atoms with Gasteiger partial charge in [-0.3, -0.25) is 14.5 Å². The zero-order chi connectivity index (χ0) is 18.2. The Morgan fingerprint density at radius 2 is 2.36 bits per heavy atom. The third kappa shape index (κ3) is 5.41. The first-order chi connectivity index (χ1) is 12.1. The number of likely N-dealkylation sites (tertiary alicyclic amines) is 1. The molecule has 0 N–H and O–H groups in total. The van der Waals surface area contributed by atoms with E-state index in [1.165, 1.54) is 0 Å². The summed E-state index contributed by atoms with van der Waals surface area (Å²) in [6.45, 7) is 10.5. The van der Waals surface area contributed by atoms with E-state index in [-0.39, 0.29) is 23.8 Å². The summed E-state index contributed by atoms with van der Waals surface area (Å²) in [7, 11) is 0. The molecule has 5 nitrogen and oxygen atoms in total. The van der Waals surface area contributed by atoms with Gasteiger partial charge in [0, 0.05) is 18.0 Å². The molecule has 25 heavy (non-hydrogen) atoms. The molecule has 1 amide bonds. The number of hydrogen-bond donors (Lipinski definition) is 0. The average molecular weight is 365 g/mol. The van der Waals surface area contributed by atoms with Crippen LogP contribution in [0.1, 0.15) is 31.6 Å². The molecule has 2 unspecified atom stereocenters. The van der Waals surface area contributed by atoms with E-state index < -0.39 is 0 Å². The molecular weight excluding hydrogens is 336 g/mol. The molecular formula is C19H28N2O3S. The standard InChI is InChI=1S/C19H28N2O3S/c1-4-10-21(14-17-9-7-12-25-17)18(22)15(3)20-11-6-8-16(13-20)19(23)24-5-2/h4,7,9,12,15-16H,1,5-6,8,10-11,13-14H2,2-3H3. The van der Waals surface area contributed by atoms with E-state index in [0.717, 1.165) is 24.3 Å². The van der Waals surface area contributed by atoms with E-state index in [9.17, 15) is 9.59 Å². The number of rotatable bonds is 8. The topological polar surface area (TPSA) is 49.9 Å². The summed E-state index contributed by atoms with van der Waals surface area (Å²) in [4.78, 5) is 30.1. The van der Waals surface area contributed by atoms with Gasteiger partial charge >= 0.3 is 5.97 Å². The van der Waals surface area contributed by atoms with Gasteiger partial charge in [0.1, 0.15) is 0 Å². The highest BCUT2D eigenvalue weighted by Gasteiger charge is 2.33. The molecule has 2 heterocycles. The highest BCUT2D eigenvalue weighted by molar-refractivity contribution is 7.09. The van der Waals surface area contributed by atoms with Crippen molar-refractivity contribution in [3.05, 3.63) is 35.0 Å². The second-order valence-electron chi connectivity index (χ2n) is 6.35. The number of amides is 1. The molecule has 138 valence electrons. The van der Waals surface area contributed by atoms with Crippen LogP contribution in [0.25, 0.3) is 0 Å². The number of ether oxygens (including phenoxy) is 1. The predicted molar refractivity (Wildman–Crippen MR) is 100 cm³/mol. The third-order valence-corrected chi connectivity index (χ3v) is 5.43. The molecule has 1 saturated heterocycles. The second-order valence-corrected chi connectivity index (χ2v) is 7.38. The van der Waals surface area contributed by atoms with Crippen LogP contribution in [-0.4, -0.2) is 54.0 Å². The van der Waals surface area contributed by atoms with Gasteiger partial charge in [0.15, 0.2) is 0 Å². The first kappa shape index (κ1) is 19.7. The summed E-state index contributed by atoms with van der Waals surface area (Å²) in [5.41, 5.74) is 0. The smallest absolute Gasteiger partial charge is 0.310 e. The summed E-state index contributed by atoms with van der Waals surface area (Å²) >= 11 is 1.65. The predicted octanol–water partition coefficient (Wildman–Crippen LogP) is 2.93. The summed E-state index contributed by atoms with van der Waals surface area (Å²) in [6, 6.07) is 3.78. The minimum Gasteiger partial charge on any atom is -0.466 e. The third-order valence-electron chi connectivity index (χ3n) is 4.57. The van der Waals surface area contributed by atoms with Crippen LogP contribution in [0.2, 0.25) is 0 Å². The molecule has 2 atom stereocenters. The molecule has 0 aliphatic carbocycles. The molecule has 0 radical (unpaired) electrons. The van der Waals surface area contributed by atoms with Gasteiger partial charge in [-0.05, 0) is 44.7 Å². The van der Waals surface area contributed by atoms with Crippen molar-refractivity contribution in [2.45, 2.75) is 39.3 Å². The molecule has 1 fully saturated rings. The van der Waals surface area contributed by atoms with E-state index in [0.29, 0.717) is 26.2 Å². The minimum atomic E-state index is -0.253. The van der Waals surface area contributed by atoms with Crippen LogP contribution in [0.3, 0.4) is 0 Å². The Morgan fingerprint density at radius 1 is 1.56 bits per heavy atom. The number of nitrogens with zero attached hydrogens (tertiary/aromatic N) is 2. The molecule has 0 saturated carbocycles. The second kappa shape index (κ2) is 9.73. The zero-order valence-electron chi connectivity index (χ0n) is 15.1. The van der Waals surface area contributed by atoms with Gasteiger partial charge in [0.05, 0.1) is 25.1 Å². The van der Waals surface area contributed by atoms with Gasteiger partial charge in [0.2, 0.25) is 5.91 Å². The Labute approximate surface area is 154 Å². The number of hydrogen-bond acceptors (Lipinski definition) is 5. The highest BCUT2D eigenvalue weighted by atomic mass is 32.1. The van der Waals surface area contributed by atoms with Crippen LogP contribution >= 0.6 is 11.3 Å². The van der Waals surface area contributed by atoms with Crippen LogP contribution in [0, 0.1) is 5.92 Å². The number of carbonyl (C=O) groups excluding carboxylic acids is 2. The zero-order valence-corrected chi connectivity index (χ0v) is 16.0. The first-order valence-electron chi connectivity index (χ1n) is 8.89. The number of piperidine rings is 1. The van der Waals surface area contributed by atoms with Crippen LogP contribution in [0.15, 0.2) is 30.2 Å². The summed E-state index contributed by atoms with van der Waals surface area (Å²) < 4.78 is 5.15. The lowest BCUT2D eigenvalue weighted by Crippen LogP contribution is -2.51. The van der Waals surface area contributed by atoms with Crippen molar-refractivity contribution in [1.29, 1.82) is 0 Å². The van der Waals surface area contributed by atoms with E-state index in [2.05, 4.69) is 11.5 Å². The minimum absolute atomic E-state index is 0.0813. The number of thiophene rings is 1. The summed E-state index contributed by atoms with van der Waals surface area (Å²) in [5.74, 6) is -0.194. The largest absolute Gasteiger partial charge is 0.466 e. The Balaban J connectivity index is 2.00. The van der Waals surface area contributed by atoms with E-state index in [4.69, 9.17) is 4.74 Å². The monoisotopic (exact) mass is 364 g/mol. The van der Waals surface area contributed by atoms with Crippen molar-refractivity contribution in [3.8, 4) is 0 Å². The average Bonchev–Trinajstić information content (AvgIpc) is 3.13. The number of esters is 1. The van der Waals surface area contributed by atoms with Gasteiger partial charge in [-0.1, -0.05) is 12.1 Å². The van der Waals surface area contributed by atoms with Crippen LogP contribution in [0.4, 0.5) is 0 Å². The fourth-order valence-electron chi connectivity index (χ4n) is 3.21. The van der Waals surface area contributed by atoms with Gasteiger partial charge in [-0.15, -0.1) is 17.9 Å². The lowest BCUT2D eigenvalue weighted by molar-refractivity contribution is -0.151. The number of carbonyl (C=O) groups is 2. The maximum Gasteiger partial charge on any atom is 0.310 e. The van der Waals surface area contributed by atoms with E-state index in [1.54, 1.807) is 17.4 Å². The van der Waals surface area contributed by atoms with Crippen molar-refractivity contribution in [2.75, 3.05) is 26.2 Å². The first-order valence-corrected chi connectivity index (χ1v) is 9.77. The molecule has 0 bridgehead atoms. The van der Waals surface area contributed by atoms with Gasteiger partial charge < -0.3 is 9.64 Å². The Bertz CT molecular complexity index is 573. The summed E-state index contributed by atoms with van der Waals surface area (Å²) in [5, 5.41) is 2.02. The van der Waals surface area contributed by atoms with Gasteiger partial charge in [-0.25, -0.2) is 0 Å². The van der Waals surface area contributed by atoms with Crippen molar-refractivity contribution >= 4 is 23.2 Å². The van der Waals surface area contributed by atoms with Gasteiger partial charge in [-0.2, -0.15) is 0 Å². The Kier molecular flexibility index (Phi) is 7.65. The van der Waals surface area contributed by atoms with Crippen LogP contribution in [0.5, 0.6) is 0 Å². The molecule has 1 aromatic heterocycles. The fraction of sp³-hybridized carbons (Fsp3) is 0.579. The maximum absolute atomic E-state index is 13.0. The van der Waals surface area contributed by atoms with Crippen molar-refractivity contribution in [3.63, 3.8) is 0 Å². The lowest BCUT2D eigenvalue weighted by Gasteiger charge is -2.37. The molecule has 1 aliphatic heterocycles. The van der Waals surface area contributed by atoms with Crippen molar-refractivity contribution < 1.29 is 14.3 Å². The molecule has 2 rings (SSSR count). The summed E-state index contributed by atoms with van der Waals surface area (Å²) in [6.07, 6.45) is 3.51. The molecule has 1 aromatic rings. The van der Waals surface area contributed by atoms with Crippen LogP contribution in [-0.2, 0) is 20.9 Å². The lowest BCUT2D eigenvalue weighted by atomic mass is 9.96. The highest BCUT2D eigenvalue weighted by Crippen LogP contribution is 2.21. The SMILES string of the molecule is C=CCN(Cc1cccs1)C(=O)C(C)N1CCCC(C(=O)OCC)C1. The van der Waals surface area contributed by atoms with E-state index >= 15 is 0 Å². The Morgan fingerprint density at radius 3 is 3.00 bits per heavy atom. The molecule has 0 spiro atoms. The molecule has 1 aliphatic rings.